The van der Waals surface area contributed by atoms with Gasteiger partial charge in [0, 0.05) is 26.9 Å². The summed E-state index contributed by atoms with van der Waals surface area (Å²) in [6, 6.07) is 5.84. The second-order valence-corrected chi connectivity index (χ2v) is 4.56. The summed E-state index contributed by atoms with van der Waals surface area (Å²) in [6.45, 7) is 5.37. The van der Waals surface area contributed by atoms with Crippen LogP contribution in [-0.4, -0.2) is 37.2 Å². The maximum atomic E-state index is 5.34. The summed E-state index contributed by atoms with van der Waals surface area (Å²) >= 11 is 0. The molecule has 1 rings (SSSR count). The minimum atomic E-state index is -0.220. The molecule has 19 heavy (non-hydrogen) atoms. The predicted octanol–water partition coefficient (Wildman–Crippen LogP) is 1.79. The molecule has 1 aromatic rings. The number of halogens is 1. The summed E-state index contributed by atoms with van der Waals surface area (Å²) in [5, 5.41) is 6.42. The molecule has 0 saturated carbocycles. The number of nitrogens with one attached hydrogen (secondary N) is 2. The Morgan fingerprint density at radius 3 is 2.63 bits per heavy atom. The maximum Gasteiger partial charge on any atom is 0.191 e. The topological polar surface area (TPSA) is 58.5 Å². The number of aromatic nitrogens is 1. The molecule has 0 amide bonds. The number of pyridine rings is 1. The summed E-state index contributed by atoms with van der Waals surface area (Å²) in [4.78, 5) is 8.39. The van der Waals surface area contributed by atoms with E-state index in [2.05, 4.69) is 20.6 Å². The lowest BCUT2D eigenvalue weighted by Gasteiger charge is -2.24. The van der Waals surface area contributed by atoms with Crippen LogP contribution >= 0.6 is 24.0 Å². The Labute approximate surface area is 132 Å². The van der Waals surface area contributed by atoms with Crippen LogP contribution in [-0.2, 0) is 11.3 Å². The maximum absolute atomic E-state index is 5.34. The number of hydrogen-bond acceptors (Lipinski definition) is 3. The van der Waals surface area contributed by atoms with E-state index in [4.69, 9.17) is 4.74 Å². The molecule has 0 spiro atoms. The molecular formula is C13H23IN4O. The fraction of sp³-hybridized carbons (Fsp3) is 0.538. The van der Waals surface area contributed by atoms with Gasteiger partial charge in [-0.25, -0.2) is 0 Å². The molecule has 0 aromatic carbocycles. The van der Waals surface area contributed by atoms with E-state index in [1.807, 2.05) is 32.0 Å². The standard InChI is InChI=1S/C13H22N4O.HI/c1-13(2,18-4)10-17-12(14-3)16-9-11-7-5-6-8-15-11;/h5-8H,9-10H2,1-4H3,(H2,14,16,17);1H. The van der Waals surface area contributed by atoms with Crippen LogP contribution in [0.25, 0.3) is 0 Å². The van der Waals surface area contributed by atoms with E-state index in [1.54, 1.807) is 20.4 Å². The highest BCUT2D eigenvalue weighted by Crippen LogP contribution is 2.04. The molecule has 2 N–H and O–H groups in total. The zero-order valence-corrected chi connectivity index (χ0v) is 14.3. The first-order valence-electron chi connectivity index (χ1n) is 5.97. The van der Waals surface area contributed by atoms with Gasteiger partial charge in [0.25, 0.3) is 0 Å². The van der Waals surface area contributed by atoms with E-state index in [9.17, 15) is 0 Å². The summed E-state index contributed by atoms with van der Waals surface area (Å²) in [6.07, 6.45) is 1.78. The normalized spacial score (nSPS) is 11.7. The number of guanidine groups is 1. The Balaban J connectivity index is 0.00000324. The molecule has 0 unspecified atom stereocenters. The highest BCUT2D eigenvalue weighted by atomic mass is 127. The van der Waals surface area contributed by atoms with Crippen molar-refractivity contribution in [3.05, 3.63) is 30.1 Å². The summed E-state index contributed by atoms with van der Waals surface area (Å²) in [5.74, 6) is 0.741. The van der Waals surface area contributed by atoms with Gasteiger partial charge in [-0.15, -0.1) is 24.0 Å². The highest BCUT2D eigenvalue weighted by molar-refractivity contribution is 14.0. The Morgan fingerprint density at radius 2 is 2.11 bits per heavy atom. The summed E-state index contributed by atoms with van der Waals surface area (Å²) < 4.78 is 5.34. The number of aliphatic imine (C=N–C) groups is 1. The molecule has 5 nitrogen and oxygen atoms in total. The monoisotopic (exact) mass is 378 g/mol. The first-order chi connectivity index (χ1) is 8.57. The summed E-state index contributed by atoms with van der Waals surface area (Å²) in [7, 11) is 3.44. The molecule has 1 heterocycles. The van der Waals surface area contributed by atoms with Gasteiger partial charge >= 0.3 is 0 Å². The van der Waals surface area contributed by atoms with Crippen LogP contribution in [0.5, 0.6) is 0 Å². The van der Waals surface area contributed by atoms with Crippen LogP contribution in [0.1, 0.15) is 19.5 Å². The van der Waals surface area contributed by atoms with Crippen molar-refractivity contribution < 1.29 is 4.74 Å². The van der Waals surface area contributed by atoms with Crippen LogP contribution in [0.4, 0.5) is 0 Å². The molecular weight excluding hydrogens is 355 g/mol. The van der Waals surface area contributed by atoms with E-state index in [0.717, 1.165) is 11.7 Å². The highest BCUT2D eigenvalue weighted by Gasteiger charge is 2.16. The van der Waals surface area contributed by atoms with Crippen LogP contribution < -0.4 is 10.6 Å². The molecule has 0 saturated heterocycles. The minimum absolute atomic E-state index is 0. The van der Waals surface area contributed by atoms with Gasteiger partial charge in [-0.3, -0.25) is 9.98 Å². The van der Waals surface area contributed by atoms with E-state index in [-0.39, 0.29) is 29.6 Å². The van der Waals surface area contributed by atoms with Crippen molar-refractivity contribution in [3.63, 3.8) is 0 Å². The fourth-order valence-corrected chi connectivity index (χ4v) is 1.27. The lowest BCUT2D eigenvalue weighted by Crippen LogP contribution is -2.45. The molecule has 6 heteroatoms. The van der Waals surface area contributed by atoms with E-state index >= 15 is 0 Å². The number of methoxy groups -OCH3 is 1. The van der Waals surface area contributed by atoms with Gasteiger partial charge in [-0.2, -0.15) is 0 Å². The average molecular weight is 378 g/mol. The van der Waals surface area contributed by atoms with Crippen molar-refractivity contribution in [2.45, 2.75) is 26.0 Å². The van der Waals surface area contributed by atoms with Gasteiger partial charge in [0.05, 0.1) is 17.8 Å². The van der Waals surface area contributed by atoms with Gasteiger partial charge < -0.3 is 15.4 Å². The Bertz CT molecular complexity index is 381. The largest absolute Gasteiger partial charge is 0.377 e. The third-order valence-electron chi connectivity index (χ3n) is 2.62. The van der Waals surface area contributed by atoms with Gasteiger partial charge in [0.1, 0.15) is 0 Å². The van der Waals surface area contributed by atoms with Crippen molar-refractivity contribution in [1.29, 1.82) is 0 Å². The average Bonchev–Trinajstić information content (AvgIpc) is 2.40. The Hall–Kier alpha value is -0.890. The van der Waals surface area contributed by atoms with Crippen LogP contribution in [0, 0.1) is 0 Å². The first kappa shape index (κ1) is 18.1. The first-order valence-corrected chi connectivity index (χ1v) is 5.97. The van der Waals surface area contributed by atoms with Crippen LogP contribution in [0.15, 0.2) is 29.4 Å². The van der Waals surface area contributed by atoms with Gasteiger partial charge in [0.2, 0.25) is 0 Å². The zero-order valence-electron chi connectivity index (χ0n) is 11.9. The Morgan fingerprint density at radius 1 is 1.37 bits per heavy atom. The lowest BCUT2D eigenvalue weighted by molar-refractivity contribution is 0.0268. The fourth-order valence-electron chi connectivity index (χ4n) is 1.27. The van der Waals surface area contributed by atoms with E-state index in [1.165, 1.54) is 0 Å². The van der Waals surface area contributed by atoms with Crippen molar-refractivity contribution in [2.24, 2.45) is 4.99 Å². The number of ether oxygens (including phenoxy) is 1. The molecule has 0 fully saturated rings. The van der Waals surface area contributed by atoms with Crippen LogP contribution in [0.2, 0.25) is 0 Å². The minimum Gasteiger partial charge on any atom is -0.377 e. The quantitative estimate of drug-likeness (QED) is 0.466. The lowest BCUT2D eigenvalue weighted by atomic mass is 10.1. The summed E-state index contributed by atoms with van der Waals surface area (Å²) in [5.41, 5.74) is 0.759. The van der Waals surface area contributed by atoms with Gasteiger partial charge in [-0.05, 0) is 26.0 Å². The molecule has 0 atom stereocenters. The molecule has 0 bridgehead atoms. The van der Waals surface area contributed by atoms with Crippen LogP contribution in [0.3, 0.4) is 0 Å². The molecule has 0 radical (unpaired) electrons. The number of hydrogen-bond donors (Lipinski definition) is 2. The molecule has 1 aromatic heterocycles. The molecule has 0 aliphatic rings. The predicted molar refractivity (Wildman–Crippen MR) is 88.9 cm³/mol. The number of nitrogens with zero attached hydrogens (tertiary/aromatic N) is 2. The van der Waals surface area contributed by atoms with Crippen molar-refractivity contribution in [3.8, 4) is 0 Å². The van der Waals surface area contributed by atoms with Crippen molar-refractivity contribution in [2.75, 3.05) is 20.7 Å². The second kappa shape index (κ2) is 9.08. The van der Waals surface area contributed by atoms with Gasteiger partial charge in [-0.1, -0.05) is 6.07 Å². The van der Waals surface area contributed by atoms with Gasteiger partial charge in [0.15, 0.2) is 5.96 Å². The number of rotatable bonds is 5. The van der Waals surface area contributed by atoms with Crippen molar-refractivity contribution >= 4 is 29.9 Å². The second-order valence-electron chi connectivity index (χ2n) is 4.56. The van der Waals surface area contributed by atoms with E-state index in [0.29, 0.717) is 13.1 Å². The SMILES string of the molecule is CN=C(NCc1ccccn1)NCC(C)(C)OC.I. The third-order valence-corrected chi connectivity index (χ3v) is 2.62. The van der Waals surface area contributed by atoms with Crippen molar-refractivity contribution in [1.82, 2.24) is 15.6 Å². The van der Waals surface area contributed by atoms with E-state index < -0.39 is 0 Å². The smallest absolute Gasteiger partial charge is 0.191 e. The molecule has 0 aliphatic heterocycles. The molecule has 108 valence electrons. The third kappa shape index (κ3) is 7.31. The zero-order chi connectivity index (χ0) is 13.4. The Kier molecular flexibility index (Phi) is 8.66. The molecule has 0 aliphatic carbocycles.